The van der Waals surface area contributed by atoms with Gasteiger partial charge >= 0.3 is 0 Å². The van der Waals surface area contributed by atoms with Crippen LogP contribution in [0.2, 0.25) is 10.0 Å². The van der Waals surface area contributed by atoms with Crippen molar-refractivity contribution in [3.63, 3.8) is 0 Å². The van der Waals surface area contributed by atoms with Crippen LogP contribution in [0.4, 0.5) is 0 Å². The van der Waals surface area contributed by atoms with Gasteiger partial charge in [0.05, 0.1) is 34.0 Å². The summed E-state index contributed by atoms with van der Waals surface area (Å²) < 4.78 is 7.01. The smallest absolute Gasteiger partial charge is 0.164 e. The van der Waals surface area contributed by atoms with Gasteiger partial charge in [-0.25, -0.2) is 4.98 Å². The predicted molar refractivity (Wildman–Crippen MR) is 72.8 cm³/mol. The van der Waals surface area contributed by atoms with E-state index in [9.17, 15) is 10.2 Å². The van der Waals surface area contributed by atoms with Crippen molar-refractivity contribution < 1.29 is 20.1 Å². The van der Waals surface area contributed by atoms with Crippen molar-refractivity contribution in [3.8, 4) is 0 Å². The fourth-order valence-electron chi connectivity index (χ4n) is 2.34. The van der Waals surface area contributed by atoms with Crippen molar-refractivity contribution in [2.24, 2.45) is 0 Å². The van der Waals surface area contributed by atoms with Gasteiger partial charge in [0.2, 0.25) is 0 Å². The predicted octanol–water partition coefficient (Wildman–Crippen LogP) is 0.955. The average Bonchev–Trinajstić information content (AvgIpc) is 2.94. The highest BCUT2D eigenvalue weighted by Gasteiger charge is 2.43. The molecule has 1 fully saturated rings. The summed E-state index contributed by atoms with van der Waals surface area (Å²) in [6.45, 7) is -0.381. The Bertz CT molecular complexity index is 648. The molecule has 0 spiro atoms. The summed E-state index contributed by atoms with van der Waals surface area (Å²) in [5.41, 5.74) is 1.21. The summed E-state index contributed by atoms with van der Waals surface area (Å²) in [7, 11) is 0. The number of halogens is 2. The van der Waals surface area contributed by atoms with Crippen LogP contribution in [0.3, 0.4) is 0 Å². The monoisotopic (exact) mass is 318 g/mol. The molecule has 0 aliphatic carbocycles. The van der Waals surface area contributed by atoms with E-state index in [1.54, 1.807) is 16.7 Å². The van der Waals surface area contributed by atoms with E-state index in [-0.39, 0.29) is 6.61 Å². The minimum Gasteiger partial charge on any atom is -0.394 e. The Morgan fingerprint density at radius 3 is 2.55 bits per heavy atom. The number of hydrogen-bond donors (Lipinski definition) is 3. The van der Waals surface area contributed by atoms with Crippen LogP contribution in [0.5, 0.6) is 0 Å². The number of imidazole rings is 1. The zero-order valence-corrected chi connectivity index (χ0v) is 11.7. The maximum Gasteiger partial charge on any atom is 0.164 e. The van der Waals surface area contributed by atoms with Crippen molar-refractivity contribution in [3.05, 3.63) is 28.5 Å². The molecule has 3 rings (SSSR count). The Kier molecular flexibility index (Phi) is 3.62. The first kappa shape index (κ1) is 14.1. The lowest BCUT2D eigenvalue weighted by Gasteiger charge is -2.17. The Morgan fingerprint density at radius 2 is 1.90 bits per heavy atom. The Hall–Kier alpha value is -0.890. The van der Waals surface area contributed by atoms with Crippen LogP contribution in [0.1, 0.15) is 6.23 Å². The van der Waals surface area contributed by atoms with Gasteiger partial charge in [-0.15, -0.1) is 0 Å². The van der Waals surface area contributed by atoms with E-state index in [2.05, 4.69) is 4.98 Å². The van der Waals surface area contributed by atoms with Crippen LogP contribution < -0.4 is 0 Å². The normalized spacial score (nSPS) is 30.2. The van der Waals surface area contributed by atoms with Crippen LogP contribution in [0.25, 0.3) is 11.0 Å². The second-order valence-corrected chi connectivity index (χ2v) is 5.45. The second-order valence-electron chi connectivity index (χ2n) is 4.64. The lowest BCUT2D eigenvalue weighted by atomic mass is 10.1. The molecule has 20 heavy (non-hydrogen) atoms. The number of rotatable bonds is 2. The molecular weight excluding hydrogens is 307 g/mol. The largest absolute Gasteiger partial charge is 0.394 e. The molecule has 4 atom stereocenters. The average molecular weight is 319 g/mol. The molecular formula is C12H12Cl2N2O4. The van der Waals surface area contributed by atoms with Gasteiger partial charge in [0.25, 0.3) is 0 Å². The summed E-state index contributed by atoms with van der Waals surface area (Å²) in [5.74, 6) is 0. The topological polar surface area (TPSA) is 87.7 Å². The van der Waals surface area contributed by atoms with Gasteiger partial charge in [0.15, 0.2) is 6.23 Å². The molecule has 108 valence electrons. The highest BCUT2D eigenvalue weighted by molar-refractivity contribution is 6.42. The molecule has 0 radical (unpaired) electrons. The molecule has 8 heteroatoms. The van der Waals surface area contributed by atoms with Crippen LogP contribution in [0, 0.1) is 0 Å². The third-order valence-electron chi connectivity index (χ3n) is 3.41. The highest BCUT2D eigenvalue weighted by Crippen LogP contribution is 2.34. The maximum absolute atomic E-state index is 10.0. The number of aliphatic hydroxyl groups excluding tert-OH is 3. The van der Waals surface area contributed by atoms with E-state index in [1.165, 1.54) is 6.33 Å². The Balaban J connectivity index is 2.05. The third kappa shape index (κ3) is 2.09. The number of benzene rings is 1. The standard InChI is InChI=1S/C12H12Cl2N2O4/c13-5-1-7-8(2-6(5)14)16(4-15-7)12-11(19)10(18)9(3-17)20-12/h1-2,4,9-12,17-19H,3H2/t9-,10-,11+,12+/m0/s1. The highest BCUT2D eigenvalue weighted by atomic mass is 35.5. The molecule has 0 unspecified atom stereocenters. The first-order chi connectivity index (χ1) is 9.52. The summed E-state index contributed by atoms with van der Waals surface area (Å²) >= 11 is 11.9. The molecule has 1 aromatic heterocycles. The first-order valence-electron chi connectivity index (χ1n) is 5.97. The minimum atomic E-state index is -1.17. The van der Waals surface area contributed by atoms with Crippen LogP contribution in [-0.4, -0.2) is 49.8 Å². The van der Waals surface area contributed by atoms with Gasteiger partial charge in [-0.05, 0) is 12.1 Å². The summed E-state index contributed by atoms with van der Waals surface area (Å²) in [6, 6.07) is 3.22. The molecule has 1 saturated heterocycles. The fourth-order valence-corrected chi connectivity index (χ4v) is 2.65. The van der Waals surface area contributed by atoms with E-state index in [4.69, 9.17) is 33.0 Å². The van der Waals surface area contributed by atoms with E-state index in [0.29, 0.717) is 21.1 Å². The van der Waals surface area contributed by atoms with E-state index in [1.807, 2.05) is 0 Å². The fraction of sp³-hybridized carbons (Fsp3) is 0.417. The molecule has 0 bridgehead atoms. The van der Waals surface area contributed by atoms with Crippen molar-refractivity contribution >= 4 is 34.2 Å². The number of aromatic nitrogens is 2. The van der Waals surface area contributed by atoms with Crippen LogP contribution in [0.15, 0.2) is 18.5 Å². The zero-order chi connectivity index (χ0) is 14.4. The number of aliphatic hydroxyl groups is 3. The Morgan fingerprint density at radius 1 is 1.20 bits per heavy atom. The van der Waals surface area contributed by atoms with Crippen molar-refractivity contribution in [2.75, 3.05) is 6.61 Å². The van der Waals surface area contributed by atoms with Crippen molar-refractivity contribution in [1.82, 2.24) is 9.55 Å². The summed E-state index contributed by atoms with van der Waals surface area (Å²) in [5, 5.41) is 29.6. The van der Waals surface area contributed by atoms with Gasteiger partial charge in [-0.1, -0.05) is 23.2 Å². The molecule has 2 aromatic rings. The molecule has 1 aliphatic rings. The van der Waals surface area contributed by atoms with E-state index >= 15 is 0 Å². The summed E-state index contributed by atoms with van der Waals surface area (Å²) in [6.07, 6.45) is -2.54. The molecule has 1 aromatic carbocycles. The van der Waals surface area contributed by atoms with Gasteiger partial charge in [0, 0.05) is 0 Å². The molecule has 0 amide bonds. The van der Waals surface area contributed by atoms with Gasteiger partial charge in [0.1, 0.15) is 18.3 Å². The lowest BCUT2D eigenvalue weighted by Crippen LogP contribution is -2.33. The summed E-state index contributed by atoms with van der Waals surface area (Å²) in [4.78, 5) is 4.16. The molecule has 3 N–H and O–H groups in total. The van der Waals surface area contributed by atoms with Gasteiger partial charge in [-0.3, -0.25) is 0 Å². The number of fused-ring (bicyclic) bond motifs is 1. The van der Waals surface area contributed by atoms with Gasteiger partial charge in [-0.2, -0.15) is 0 Å². The molecule has 2 heterocycles. The van der Waals surface area contributed by atoms with E-state index in [0.717, 1.165) is 0 Å². The molecule has 1 aliphatic heterocycles. The SMILES string of the molecule is OC[C@@H]1O[C@@H](n2cnc3cc(Cl)c(Cl)cc32)[C@H](O)[C@H]1O. The number of nitrogens with zero attached hydrogens (tertiary/aromatic N) is 2. The quantitative estimate of drug-likeness (QED) is 0.767. The Labute approximate surface area is 124 Å². The second kappa shape index (κ2) is 5.14. The minimum absolute atomic E-state index is 0.354. The third-order valence-corrected chi connectivity index (χ3v) is 4.13. The molecule has 0 saturated carbocycles. The maximum atomic E-state index is 10.0. The first-order valence-corrected chi connectivity index (χ1v) is 6.72. The van der Waals surface area contributed by atoms with Crippen molar-refractivity contribution in [2.45, 2.75) is 24.5 Å². The van der Waals surface area contributed by atoms with Gasteiger partial charge < -0.3 is 24.6 Å². The zero-order valence-electron chi connectivity index (χ0n) is 10.1. The van der Waals surface area contributed by atoms with Crippen LogP contribution in [-0.2, 0) is 4.74 Å². The van der Waals surface area contributed by atoms with Crippen LogP contribution >= 0.6 is 23.2 Å². The number of hydrogen-bond acceptors (Lipinski definition) is 5. The lowest BCUT2D eigenvalue weighted by molar-refractivity contribution is -0.0508. The van der Waals surface area contributed by atoms with Crippen molar-refractivity contribution in [1.29, 1.82) is 0 Å². The molecule has 6 nitrogen and oxygen atoms in total. The van der Waals surface area contributed by atoms with E-state index < -0.39 is 24.5 Å². The number of ether oxygens (including phenoxy) is 1.